The maximum Gasteiger partial charge on any atom is 0.244 e. The molecule has 1 saturated heterocycles. The molecular formula is C14H18N2O3. The summed E-state index contributed by atoms with van der Waals surface area (Å²) in [4.78, 5) is 14.1. The molecule has 2 heterocycles. The first-order chi connectivity index (χ1) is 9.24. The van der Waals surface area contributed by atoms with Gasteiger partial charge in [0.1, 0.15) is 6.04 Å². The summed E-state index contributed by atoms with van der Waals surface area (Å²) in [6.07, 6.45) is 2.23. The number of likely N-dealkylation sites (tertiary alicyclic amines) is 1. The highest BCUT2D eigenvalue weighted by Gasteiger charge is 2.23. The normalized spacial score (nSPS) is 18.5. The van der Waals surface area contributed by atoms with Crippen molar-refractivity contribution in [1.82, 2.24) is 4.90 Å². The average Bonchev–Trinajstić information content (AvgIpc) is 3.08. The molecule has 0 spiro atoms. The second-order valence-corrected chi connectivity index (χ2v) is 4.97. The van der Waals surface area contributed by atoms with E-state index in [1.165, 1.54) is 0 Å². The third kappa shape index (κ3) is 2.45. The van der Waals surface area contributed by atoms with Crippen LogP contribution in [0.25, 0.3) is 0 Å². The highest BCUT2D eigenvalue weighted by molar-refractivity contribution is 5.84. The summed E-state index contributed by atoms with van der Waals surface area (Å²) < 4.78 is 10.6. The van der Waals surface area contributed by atoms with Gasteiger partial charge in [-0.2, -0.15) is 0 Å². The van der Waals surface area contributed by atoms with E-state index in [0.29, 0.717) is 0 Å². The lowest BCUT2D eigenvalue weighted by atomic mass is 10.2. The van der Waals surface area contributed by atoms with Gasteiger partial charge in [0, 0.05) is 24.8 Å². The summed E-state index contributed by atoms with van der Waals surface area (Å²) in [7, 11) is 0. The Morgan fingerprint density at radius 3 is 2.79 bits per heavy atom. The van der Waals surface area contributed by atoms with E-state index in [1.807, 2.05) is 30.0 Å². The van der Waals surface area contributed by atoms with Crippen molar-refractivity contribution in [1.29, 1.82) is 0 Å². The minimum atomic E-state index is -0.224. The van der Waals surface area contributed by atoms with Crippen LogP contribution in [-0.2, 0) is 4.79 Å². The lowest BCUT2D eigenvalue weighted by Gasteiger charge is -2.21. The predicted octanol–water partition coefficient (Wildman–Crippen LogP) is 1.84. The van der Waals surface area contributed by atoms with Gasteiger partial charge in [0.25, 0.3) is 0 Å². The van der Waals surface area contributed by atoms with E-state index in [4.69, 9.17) is 9.47 Å². The fraction of sp³-hybridized carbons (Fsp3) is 0.500. The molecule has 3 rings (SSSR count). The molecule has 102 valence electrons. The summed E-state index contributed by atoms with van der Waals surface area (Å²) in [5.74, 6) is 1.64. The van der Waals surface area contributed by atoms with Crippen LogP contribution in [0, 0.1) is 0 Å². The first-order valence-corrected chi connectivity index (χ1v) is 6.69. The van der Waals surface area contributed by atoms with Crippen molar-refractivity contribution in [3.05, 3.63) is 18.2 Å². The van der Waals surface area contributed by atoms with Crippen LogP contribution in [0.3, 0.4) is 0 Å². The largest absolute Gasteiger partial charge is 0.454 e. The van der Waals surface area contributed by atoms with Crippen molar-refractivity contribution >= 4 is 11.6 Å². The van der Waals surface area contributed by atoms with E-state index in [0.717, 1.165) is 43.1 Å². The SMILES string of the molecule is C[C@H](Nc1ccc2c(c1)OCO2)C(=O)N1CCCC1. The summed E-state index contributed by atoms with van der Waals surface area (Å²) in [6, 6.07) is 5.41. The second-order valence-electron chi connectivity index (χ2n) is 4.97. The Bertz CT molecular complexity index is 484. The number of nitrogens with zero attached hydrogens (tertiary/aromatic N) is 1. The zero-order valence-electron chi connectivity index (χ0n) is 11.0. The number of amides is 1. The van der Waals surface area contributed by atoms with Gasteiger partial charge >= 0.3 is 0 Å². The van der Waals surface area contributed by atoms with Crippen LogP contribution in [0.5, 0.6) is 11.5 Å². The smallest absolute Gasteiger partial charge is 0.244 e. The fourth-order valence-corrected chi connectivity index (χ4v) is 2.51. The highest BCUT2D eigenvalue weighted by atomic mass is 16.7. The summed E-state index contributed by atoms with van der Waals surface area (Å²) in [5, 5.41) is 3.22. The van der Waals surface area contributed by atoms with Gasteiger partial charge in [-0.3, -0.25) is 4.79 Å². The van der Waals surface area contributed by atoms with Crippen molar-refractivity contribution in [3.63, 3.8) is 0 Å². The van der Waals surface area contributed by atoms with E-state index >= 15 is 0 Å². The monoisotopic (exact) mass is 262 g/mol. The van der Waals surface area contributed by atoms with Gasteiger partial charge in [-0.05, 0) is 31.9 Å². The van der Waals surface area contributed by atoms with Crippen LogP contribution < -0.4 is 14.8 Å². The summed E-state index contributed by atoms with van der Waals surface area (Å²) in [5.41, 5.74) is 0.879. The molecule has 1 N–H and O–H groups in total. The van der Waals surface area contributed by atoms with Crippen LogP contribution >= 0.6 is 0 Å². The first-order valence-electron chi connectivity index (χ1n) is 6.69. The molecule has 0 saturated carbocycles. The molecular weight excluding hydrogens is 244 g/mol. The third-order valence-electron chi connectivity index (χ3n) is 3.54. The number of anilines is 1. The summed E-state index contributed by atoms with van der Waals surface area (Å²) in [6.45, 7) is 3.92. The lowest BCUT2D eigenvalue weighted by molar-refractivity contribution is -0.130. The summed E-state index contributed by atoms with van der Waals surface area (Å²) >= 11 is 0. The Morgan fingerprint density at radius 1 is 1.26 bits per heavy atom. The lowest BCUT2D eigenvalue weighted by Crippen LogP contribution is -2.39. The molecule has 0 aromatic heterocycles. The Hall–Kier alpha value is -1.91. The minimum absolute atomic E-state index is 0.162. The van der Waals surface area contributed by atoms with Gasteiger partial charge in [-0.1, -0.05) is 0 Å². The molecule has 5 nitrogen and oxygen atoms in total. The number of benzene rings is 1. The van der Waals surface area contributed by atoms with Gasteiger partial charge in [-0.15, -0.1) is 0 Å². The fourth-order valence-electron chi connectivity index (χ4n) is 2.51. The van der Waals surface area contributed by atoms with Gasteiger partial charge in [0.2, 0.25) is 12.7 Å². The standard InChI is InChI=1S/C14H18N2O3/c1-10(14(17)16-6-2-3-7-16)15-11-4-5-12-13(8-11)19-9-18-12/h4-5,8,10,15H,2-3,6-7,9H2,1H3/t10-/m0/s1. The maximum absolute atomic E-state index is 12.2. The van der Waals surface area contributed by atoms with E-state index in [9.17, 15) is 4.79 Å². The molecule has 0 unspecified atom stereocenters. The molecule has 1 aromatic carbocycles. The third-order valence-corrected chi connectivity index (χ3v) is 3.54. The predicted molar refractivity (Wildman–Crippen MR) is 71.5 cm³/mol. The zero-order chi connectivity index (χ0) is 13.2. The maximum atomic E-state index is 12.2. The molecule has 2 aliphatic rings. The van der Waals surface area contributed by atoms with Crippen molar-refractivity contribution in [3.8, 4) is 11.5 Å². The topological polar surface area (TPSA) is 50.8 Å². The Labute approximate surface area is 112 Å². The van der Waals surface area contributed by atoms with Gasteiger partial charge in [0.15, 0.2) is 11.5 Å². The minimum Gasteiger partial charge on any atom is -0.454 e. The first kappa shape index (κ1) is 12.1. The van der Waals surface area contributed by atoms with Crippen LogP contribution in [-0.4, -0.2) is 36.7 Å². The van der Waals surface area contributed by atoms with Crippen molar-refractivity contribution in [2.24, 2.45) is 0 Å². The Balaban J connectivity index is 1.65. The molecule has 19 heavy (non-hydrogen) atoms. The molecule has 2 aliphatic heterocycles. The Morgan fingerprint density at radius 2 is 2.00 bits per heavy atom. The van der Waals surface area contributed by atoms with E-state index in [2.05, 4.69) is 5.32 Å². The molecule has 0 aliphatic carbocycles. The number of carbonyl (C=O) groups excluding carboxylic acids is 1. The van der Waals surface area contributed by atoms with Gasteiger partial charge in [-0.25, -0.2) is 0 Å². The number of hydrogen-bond acceptors (Lipinski definition) is 4. The van der Waals surface area contributed by atoms with E-state index in [1.54, 1.807) is 0 Å². The molecule has 5 heteroatoms. The molecule has 0 bridgehead atoms. The number of fused-ring (bicyclic) bond motifs is 1. The second kappa shape index (κ2) is 4.99. The van der Waals surface area contributed by atoms with Gasteiger partial charge < -0.3 is 19.7 Å². The van der Waals surface area contributed by atoms with Crippen molar-refractivity contribution in [2.45, 2.75) is 25.8 Å². The molecule has 1 amide bonds. The number of hydrogen-bond donors (Lipinski definition) is 1. The van der Waals surface area contributed by atoms with E-state index in [-0.39, 0.29) is 18.7 Å². The van der Waals surface area contributed by atoms with Crippen molar-refractivity contribution < 1.29 is 14.3 Å². The number of carbonyl (C=O) groups is 1. The van der Waals surface area contributed by atoms with Crippen LogP contribution in [0.1, 0.15) is 19.8 Å². The molecule has 1 fully saturated rings. The molecule has 1 aromatic rings. The average molecular weight is 262 g/mol. The Kier molecular flexibility index (Phi) is 3.19. The highest BCUT2D eigenvalue weighted by Crippen LogP contribution is 2.34. The zero-order valence-corrected chi connectivity index (χ0v) is 11.0. The number of nitrogens with one attached hydrogen (secondary N) is 1. The van der Waals surface area contributed by atoms with Crippen LogP contribution in [0.15, 0.2) is 18.2 Å². The van der Waals surface area contributed by atoms with Crippen molar-refractivity contribution in [2.75, 3.05) is 25.2 Å². The number of ether oxygens (including phenoxy) is 2. The van der Waals surface area contributed by atoms with Crippen LogP contribution in [0.2, 0.25) is 0 Å². The molecule has 0 radical (unpaired) electrons. The number of rotatable bonds is 3. The van der Waals surface area contributed by atoms with Crippen LogP contribution in [0.4, 0.5) is 5.69 Å². The van der Waals surface area contributed by atoms with Gasteiger partial charge in [0.05, 0.1) is 0 Å². The quantitative estimate of drug-likeness (QED) is 0.903. The molecule has 1 atom stereocenters. The van der Waals surface area contributed by atoms with E-state index < -0.39 is 0 Å².